The summed E-state index contributed by atoms with van der Waals surface area (Å²) >= 11 is 0. The zero-order valence-electron chi connectivity index (χ0n) is 14.2. The van der Waals surface area contributed by atoms with Gasteiger partial charge >= 0.3 is 0 Å². The van der Waals surface area contributed by atoms with Gasteiger partial charge in [0.25, 0.3) is 0 Å². The van der Waals surface area contributed by atoms with Crippen molar-refractivity contribution in [3.05, 3.63) is 35.4 Å². The van der Waals surface area contributed by atoms with Crippen LogP contribution < -0.4 is 5.32 Å². The number of hydrogen-bond donors (Lipinski definition) is 1. The molecule has 0 heterocycles. The summed E-state index contributed by atoms with van der Waals surface area (Å²) in [6.07, 6.45) is 4.10. The Bertz CT molecular complexity index is 423. The summed E-state index contributed by atoms with van der Waals surface area (Å²) in [5, 5.41) is 3.69. The molecule has 1 aliphatic carbocycles. The molecule has 1 fully saturated rings. The zero-order chi connectivity index (χ0) is 15.2. The van der Waals surface area contributed by atoms with Crippen LogP contribution in [0.4, 0.5) is 0 Å². The van der Waals surface area contributed by atoms with Crippen molar-refractivity contribution in [1.29, 1.82) is 0 Å². The van der Waals surface area contributed by atoms with Crippen LogP contribution in [0, 0.1) is 12.8 Å². The highest BCUT2D eigenvalue weighted by Gasteiger charge is 2.30. The lowest BCUT2D eigenvalue weighted by Crippen LogP contribution is -2.37. The van der Waals surface area contributed by atoms with Gasteiger partial charge in [-0.1, -0.05) is 50.6 Å². The number of nitrogens with one attached hydrogen (secondary N) is 1. The van der Waals surface area contributed by atoms with Crippen molar-refractivity contribution in [3.63, 3.8) is 0 Å². The average molecular weight is 288 g/mol. The van der Waals surface area contributed by atoms with Gasteiger partial charge in [-0.2, -0.15) is 0 Å². The van der Waals surface area contributed by atoms with Gasteiger partial charge in [0.2, 0.25) is 0 Å². The second-order valence-electron chi connectivity index (χ2n) is 6.93. The van der Waals surface area contributed by atoms with Crippen LogP contribution in [0.5, 0.6) is 0 Å². The van der Waals surface area contributed by atoms with Crippen LogP contribution in [0.25, 0.3) is 0 Å². The largest absolute Gasteiger partial charge is 0.309 e. The second-order valence-corrected chi connectivity index (χ2v) is 6.93. The van der Waals surface area contributed by atoms with Crippen molar-refractivity contribution in [2.45, 2.75) is 59.0 Å². The zero-order valence-corrected chi connectivity index (χ0v) is 14.2. The minimum Gasteiger partial charge on any atom is -0.309 e. The standard InChI is InChI=1S/C19H32N2/c1-5-20-19(17-8-6-7-16(4)13-17)14-21(18-9-10-18)12-11-15(2)3/h6-8,13,15,18-20H,5,9-12,14H2,1-4H3. The van der Waals surface area contributed by atoms with Crippen LogP contribution >= 0.6 is 0 Å². The molecule has 1 atom stereocenters. The highest BCUT2D eigenvalue weighted by Crippen LogP contribution is 2.29. The van der Waals surface area contributed by atoms with E-state index >= 15 is 0 Å². The van der Waals surface area contributed by atoms with Crippen LogP contribution in [0.15, 0.2) is 24.3 Å². The van der Waals surface area contributed by atoms with E-state index in [2.05, 4.69) is 62.2 Å². The third kappa shape index (κ3) is 5.44. The Balaban J connectivity index is 2.02. The molecule has 0 amide bonds. The van der Waals surface area contributed by atoms with Crippen LogP contribution in [-0.4, -0.2) is 30.6 Å². The molecule has 2 rings (SSSR count). The van der Waals surface area contributed by atoms with Gasteiger partial charge in [-0.25, -0.2) is 0 Å². The highest BCUT2D eigenvalue weighted by atomic mass is 15.2. The summed E-state index contributed by atoms with van der Waals surface area (Å²) in [4.78, 5) is 2.72. The first kappa shape index (κ1) is 16.5. The number of nitrogens with zero attached hydrogens (tertiary/aromatic N) is 1. The predicted octanol–water partition coefficient (Wildman–Crippen LogP) is 4.16. The number of hydrogen-bond acceptors (Lipinski definition) is 2. The Labute approximate surface area is 130 Å². The van der Waals surface area contributed by atoms with Crippen LogP contribution in [0.2, 0.25) is 0 Å². The van der Waals surface area contributed by atoms with E-state index in [1.165, 1.54) is 36.9 Å². The van der Waals surface area contributed by atoms with E-state index < -0.39 is 0 Å². The first-order valence-electron chi connectivity index (χ1n) is 8.64. The molecule has 0 radical (unpaired) electrons. The summed E-state index contributed by atoms with van der Waals surface area (Å²) in [5.41, 5.74) is 2.79. The van der Waals surface area contributed by atoms with Crippen molar-refractivity contribution in [2.75, 3.05) is 19.6 Å². The molecule has 0 saturated heterocycles. The van der Waals surface area contributed by atoms with Crippen molar-refractivity contribution >= 4 is 0 Å². The topological polar surface area (TPSA) is 15.3 Å². The van der Waals surface area contributed by atoms with Crippen molar-refractivity contribution in [2.24, 2.45) is 5.92 Å². The van der Waals surface area contributed by atoms with Gasteiger partial charge in [-0.3, -0.25) is 4.90 Å². The number of likely N-dealkylation sites (N-methyl/N-ethyl adjacent to an activating group) is 1. The summed E-state index contributed by atoms with van der Waals surface area (Å²) < 4.78 is 0. The van der Waals surface area contributed by atoms with Gasteiger partial charge in [0.15, 0.2) is 0 Å². The Morgan fingerprint density at radius 1 is 1.29 bits per heavy atom. The van der Waals surface area contributed by atoms with Crippen molar-refractivity contribution in [1.82, 2.24) is 10.2 Å². The lowest BCUT2D eigenvalue weighted by molar-refractivity contribution is 0.221. The number of rotatable bonds is 9. The van der Waals surface area contributed by atoms with E-state index in [0.29, 0.717) is 6.04 Å². The minimum atomic E-state index is 0.461. The average Bonchev–Trinajstić information content (AvgIpc) is 3.26. The normalized spacial score (nSPS) is 16.7. The Kier molecular flexibility index (Phi) is 6.25. The Morgan fingerprint density at radius 2 is 2.05 bits per heavy atom. The maximum absolute atomic E-state index is 3.69. The molecule has 2 heteroatoms. The molecule has 118 valence electrons. The molecule has 1 N–H and O–H groups in total. The van der Waals surface area contributed by atoms with Gasteiger partial charge < -0.3 is 5.32 Å². The fourth-order valence-corrected chi connectivity index (χ4v) is 2.94. The van der Waals surface area contributed by atoms with E-state index in [1.54, 1.807) is 0 Å². The maximum atomic E-state index is 3.69. The first-order valence-corrected chi connectivity index (χ1v) is 8.64. The second kappa shape index (κ2) is 7.95. The SMILES string of the molecule is CCNC(CN(CCC(C)C)C1CC1)c1cccc(C)c1. The van der Waals surface area contributed by atoms with Crippen LogP contribution in [0.3, 0.4) is 0 Å². The lowest BCUT2D eigenvalue weighted by atomic mass is 10.0. The molecule has 2 nitrogen and oxygen atoms in total. The molecule has 0 bridgehead atoms. The summed E-state index contributed by atoms with van der Waals surface area (Å²) in [5.74, 6) is 0.794. The van der Waals surface area contributed by atoms with E-state index in [-0.39, 0.29) is 0 Å². The first-order chi connectivity index (χ1) is 10.1. The predicted molar refractivity (Wildman–Crippen MR) is 91.6 cm³/mol. The van der Waals surface area contributed by atoms with Crippen LogP contribution in [-0.2, 0) is 0 Å². The fourth-order valence-electron chi connectivity index (χ4n) is 2.94. The van der Waals surface area contributed by atoms with E-state index in [1.807, 2.05) is 0 Å². The molecular weight excluding hydrogens is 256 g/mol. The van der Waals surface area contributed by atoms with Crippen molar-refractivity contribution in [3.8, 4) is 0 Å². The third-order valence-electron chi connectivity index (χ3n) is 4.37. The Hall–Kier alpha value is -0.860. The molecule has 1 aliphatic rings. The minimum absolute atomic E-state index is 0.461. The maximum Gasteiger partial charge on any atom is 0.0449 e. The highest BCUT2D eigenvalue weighted by molar-refractivity contribution is 5.25. The van der Waals surface area contributed by atoms with E-state index in [9.17, 15) is 0 Å². The molecule has 1 saturated carbocycles. The van der Waals surface area contributed by atoms with Gasteiger partial charge in [0.1, 0.15) is 0 Å². The number of aryl methyl sites for hydroxylation is 1. The smallest absolute Gasteiger partial charge is 0.0449 e. The summed E-state index contributed by atoms with van der Waals surface area (Å²) in [6.45, 7) is 12.5. The molecule has 1 aromatic rings. The third-order valence-corrected chi connectivity index (χ3v) is 4.37. The molecule has 0 aromatic heterocycles. The molecule has 21 heavy (non-hydrogen) atoms. The van der Waals surface area contributed by atoms with Gasteiger partial charge in [-0.05, 0) is 50.8 Å². The molecule has 0 aliphatic heterocycles. The Morgan fingerprint density at radius 3 is 2.62 bits per heavy atom. The quantitative estimate of drug-likeness (QED) is 0.734. The number of benzene rings is 1. The summed E-state index contributed by atoms with van der Waals surface area (Å²) in [7, 11) is 0. The molecule has 1 aromatic carbocycles. The monoisotopic (exact) mass is 288 g/mol. The lowest BCUT2D eigenvalue weighted by Gasteiger charge is -2.29. The molecular formula is C19H32N2. The molecule has 1 unspecified atom stereocenters. The summed E-state index contributed by atoms with van der Waals surface area (Å²) in [6, 6.07) is 10.3. The van der Waals surface area contributed by atoms with Gasteiger partial charge in [0, 0.05) is 18.6 Å². The fraction of sp³-hybridized carbons (Fsp3) is 0.684. The van der Waals surface area contributed by atoms with Crippen LogP contribution in [0.1, 0.15) is 57.2 Å². The van der Waals surface area contributed by atoms with Gasteiger partial charge in [0.05, 0.1) is 0 Å². The molecule has 0 spiro atoms. The van der Waals surface area contributed by atoms with Gasteiger partial charge in [-0.15, -0.1) is 0 Å². The van der Waals surface area contributed by atoms with E-state index in [0.717, 1.165) is 25.0 Å². The van der Waals surface area contributed by atoms with E-state index in [4.69, 9.17) is 0 Å². The van der Waals surface area contributed by atoms with Crippen molar-refractivity contribution < 1.29 is 0 Å².